The van der Waals surface area contributed by atoms with Crippen molar-refractivity contribution < 1.29 is 4.79 Å². The van der Waals surface area contributed by atoms with Crippen molar-refractivity contribution in [3.63, 3.8) is 0 Å². The van der Waals surface area contributed by atoms with Crippen LogP contribution in [0, 0.1) is 17.8 Å². The maximum absolute atomic E-state index is 11.7. The Bertz CT molecular complexity index is 649. The van der Waals surface area contributed by atoms with Crippen molar-refractivity contribution >= 4 is 5.78 Å². The van der Waals surface area contributed by atoms with Crippen LogP contribution in [-0.2, 0) is 11.3 Å². The number of aromatic nitrogens is 2. The van der Waals surface area contributed by atoms with Gasteiger partial charge < -0.3 is 4.90 Å². The lowest BCUT2D eigenvalue weighted by molar-refractivity contribution is -0.119. The highest BCUT2D eigenvalue weighted by molar-refractivity contribution is 5.91. The number of likely N-dealkylation sites (tertiary alicyclic amines) is 1. The van der Waals surface area contributed by atoms with Crippen molar-refractivity contribution in [2.45, 2.75) is 90.5 Å². The Hall–Kier alpha value is -1.42. The normalized spacial score (nSPS) is 23.7. The van der Waals surface area contributed by atoms with Gasteiger partial charge in [0.05, 0.1) is 6.20 Å². The van der Waals surface area contributed by atoms with E-state index < -0.39 is 0 Å². The van der Waals surface area contributed by atoms with Crippen molar-refractivity contribution in [2.75, 3.05) is 19.6 Å². The van der Waals surface area contributed by atoms with Gasteiger partial charge in [-0.15, -0.1) is 0 Å². The standard InChI is InChI=1S/C26H43N3O/c1-4-26(30)24-11-9-22(10-12-24)8-6-5-7-15-28-16-13-23(14-17-28)19-29-20-25(18-27-29)21(2)3/h4,18,20-24H,1,5-17,19H2,2-3H3/t22-,24-. The minimum absolute atomic E-state index is 0.266. The molecule has 1 saturated carbocycles. The largest absolute Gasteiger partial charge is 0.303 e. The van der Waals surface area contributed by atoms with E-state index in [2.05, 4.69) is 41.3 Å². The van der Waals surface area contributed by atoms with E-state index in [0.29, 0.717) is 5.92 Å². The lowest BCUT2D eigenvalue weighted by Crippen LogP contribution is -2.35. The van der Waals surface area contributed by atoms with Crippen LogP contribution in [0.2, 0.25) is 0 Å². The van der Waals surface area contributed by atoms with Gasteiger partial charge in [0.15, 0.2) is 5.78 Å². The maximum atomic E-state index is 11.7. The van der Waals surface area contributed by atoms with Crippen molar-refractivity contribution in [2.24, 2.45) is 17.8 Å². The molecule has 0 bridgehead atoms. The Labute approximate surface area is 184 Å². The van der Waals surface area contributed by atoms with Gasteiger partial charge in [0.2, 0.25) is 0 Å². The van der Waals surface area contributed by atoms with Crippen LogP contribution in [0.1, 0.15) is 89.5 Å². The molecule has 0 N–H and O–H groups in total. The molecule has 1 aliphatic heterocycles. The van der Waals surface area contributed by atoms with Gasteiger partial charge in [0.1, 0.15) is 0 Å². The summed E-state index contributed by atoms with van der Waals surface area (Å²) in [5, 5.41) is 4.56. The highest BCUT2D eigenvalue weighted by atomic mass is 16.1. The highest BCUT2D eigenvalue weighted by Gasteiger charge is 2.24. The van der Waals surface area contributed by atoms with Crippen molar-refractivity contribution in [1.82, 2.24) is 14.7 Å². The lowest BCUT2D eigenvalue weighted by Gasteiger charge is -2.32. The molecule has 0 aromatic carbocycles. The number of rotatable bonds is 11. The zero-order chi connectivity index (χ0) is 21.3. The second kappa shape index (κ2) is 11.8. The smallest absolute Gasteiger partial charge is 0.158 e. The summed E-state index contributed by atoms with van der Waals surface area (Å²) in [5.74, 6) is 2.74. The molecule has 4 heteroatoms. The Morgan fingerprint density at radius 1 is 1.10 bits per heavy atom. The zero-order valence-electron chi connectivity index (χ0n) is 19.4. The Morgan fingerprint density at radius 2 is 1.83 bits per heavy atom. The molecule has 3 rings (SSSR count). The molecule has 2 fully saturated rings. The van der Waals surface area contributed by atoms with Crippen LogP contribution in [0.3, 0.4) is 0 Å². The second-order valence-electron chi connectivity index (χ2n) is 10.1. The predicted octanol–water partition coefficient (Wildman–Crippen LogP) is 5.84. The minimum Gasteiger partial charge on any atom is -0.303 e. The molecule has 168 valence electrons. The summed E-state index contributed by atoms with van der Waals surface area (Å²) in [5.41, 5.74) is 1.35. The predicted molar refractivity (Wildman–Crippen MR) is 125 cm³/mol. The summed E-state index contributed by atoms with van der Waals surface area (Å²) in [6, 6.07) is 0. The molecule has 2 heterocycles. The van der Waals surface area contributed by atoms with Crippen molar-refractivity contribution in [3.8, 4) is 0 Å². The van der Waals surface area contributed by atoms with Crippen LogP contribution in [0.15, 0.2) is 25.0 Å². The quantitative estimate of drug-likeness (QED) is 0.338. The zero-order valence-corrected chi connectivity index (χ0v) is 19.4. The third-order valence-corrected chi connectivity index (χ3v) is 7.51. The van der Waals surface area contributed by atoms with E-state index in [4.69, 9.17) is 0 Å². The number of unbranched alkanes of at least 4 members (excludes halogenated alkanes) is 2. The van der Waals surface area contributed by atoms with Crippen molar-refractivity contribution in [1.29, 1.82) is 0 Å². The van der Waals surface area contributed by atoms with E-state index in [9.17, 15) is 4.79 Å². The molecule has 1 aromatic rings. The Balaban J connectivity index is 1.22. The van der Waals surface area contributed by atoms with E-state index in [0.717, 1.165) is 31.2 Å². The molecule has 2 aliphatic rings. The van der Waals surface area contributed by atoms with E-state index in [1.165, 1.54) is 82.6 Å². The third kappa shape index (κ3) is 7.08. The second-order valence-corrected chi connectivity index (χ2v) is 10.1. The van der Waals surface area contributed by atoms with Gasteiger partial charge in [-0.3, -0.25) is 9.48 Å². The highest BCUT2D eigenvalue weighted by Crippen LogP contribution is 2.32. The number of allylic oxidation sites excluding steroid dienone is 1. The lowest BCUT2D eigenvalue weighted by atomic mass is 9.78. The first kappa shape index (κ1) is 23.2. The number of hydrogen-bond acceptors (Lipinski definition) is 3. The molecule has 0 spiro atoms. The number of nitrogens with zero attached hydrogens (tertiary/aromatic N) is 3. The molecule has 1 saturated heterocycles. The molecule has 1 aliphatic carbocycles. The third-order valence-electron chi connectivity index (χ3n) is 7.51. The summed E-state index contributed by atoms with van der Waals surface area (Å²) in [4.78, 5) is 14.4. The van der Waals surface area contributed by atoms with Crippen LogP contribution >= 0.6 is 0 Å². The first-order valence-electron chi connectivity index (χ1n) is 12.5. The Kier molecular flexibility index (Phi) is 9.17. The minimum atomic E-state index is 0.266. The van der Waals surface area contributed by atoms with Gasteiger partial charge in [-0.25, -0.2) is 0 Å². The molecule has 30 heavy (non-hydrogen) atoms. The van der Waals surface area contributed by atoms with Crippen LogP contribution in [0.5, 0.6) is 0 Å². The fourth-order valence-electron chi connectivity index (χ4n) is 5.28. The van der Waals surface area contributed by atoms with Gasteiger partial charge in [-0.1, -0.05) is 39.7 Å². The van der Waals surface area contributed by atoms with E-state index in [1.54, 1.807) is 0 Å². The van der Waals surface area contributed by atoms with E-state index >= 15 is 0 Å². The molecular weight excluding hydrogens is 370 g/mol. The van der Waals surface area contributed by atoms with Gasteiger partial charge in [-0.05, 0) is 94.0 Å². The van der Waals surface area contributed by atoms with Gasteiger partial charge >= 0.3 is 0 Å². The topological polar surface area (TPSA) is 38.1 Å². The van der Waals surface area contributed by atoms with Crippen LogP contribution in [-0.4, -0.2) is 40.1 Å². The average Bonchev–Trinajstić information content (AvgIpc) is 3.23. The Morgan fingerprint density at radius 3 is 2.47 bits per heavy atom. The van der Waals surface area contributed by atoms with Crippen LogP contribution in [0.25, 0.3) is 0 Å². The van der Waals surface area contributed by atoms with Gasteiger partial charge in [0, 0.05) is 18.7 Å². The first-order chi connectivity index (χ1) is 14.5. The first-order valence-corrected chi connectivity index (χ1v) is 12.5. The molecule has 1 aromatic heterocycles. The molecule has 0 radical (unpaired) electrons. The summed E-state index contributed by atoms with van der Waals surface area (Å²) in [7, 11) is 0. The molecule has 0 amide bonds. The van der Waals surface area contributed by atoms with Crippen LogP contribution in [0.4, 0.5) is 0 Å². The molecule has 4 nitrogen and oxygen atoms in total. The average molecular weight is 414 g/mol. The fourth-order valence-corrected chi connectivity index (χ4v) is 5.28. The summed E-state index contributed by atoms with van der Waals surface area (Å²) >= 11 is 0. The van der Waals surface area contributed by atoms with Gasteiger partial charge in [0.25, 0.3) is 0 Å². The van der Waals surface area contributed by atoms with Crippen molar-refractivity contribution in [3.05, 3.63) is 30.6 Å². The number of ketones is 1. The summed E-state index contributed by atoms with van der Waals surface area (Å²) < 4.78 is 2.16. The molecule has 0 unspecified atom stereocenters. The monoisotopic (exact) mass is 413 g/mol. The fraction of sp³-hybridized carbons (Fsp3) is 0.769. The molecule has 0 atom stereocenters. The number of piperidine rings is 1. The molecular formula is C26H43N3O. The number of carbonyl (C=O) groups excluding carboxylic acids is 1. The number of carbonyl (C=O) groups is 1. The SMILES string of the molecule is C=CC(=O)[C@H]1CC[C@H](CCCCCN2CCC(Cn3cc(C(C)C)cn3)CC2)CC1. The van der Waals surface area contributed by atoms with Gasteiger partial charge in [-0.2, -0.15) is 5.10 Å². The summed E-state index contributed by atoms with van der Waals surface area (Å²) in [6.07, 6.45) is 18.5. The van der Waals surface area contributed by atoms with E-state index in [-0.39, 0.29) is 11.7 Å². The maximum Gasteiger partial charge on any atom is 0.158 e. The van der Waals surface area contributed by atoms with Crippen LogP contribution < -0.4 is 0 Å². The summed E-state index contributed by atoms with van der Waals surface area (Å²) in [6.45, 7) is 13.0. The van der Waals surface area contributed by atoms with E-state index in [1.807, 2.05) is 6.20 Å². The number of hydrogen-bond donors (Lipinski definition) is 0.